The molecule has 2 aromatic rings. The van der Waals surface area contributed by atoms with Gasteiger partial charge in [0, 0.05) is 5.02 Å². The third-order valence-electron chi connectivity index (χ3n) is 2.15. The summed E-state index contributed by atoms with van der Waals surface area (Å²) in [5, 5.41) is 18.2. The smallest absolute Gasteiger partial charge is 0.295 e. The number of aryl methyl sites for hydroxylation is 1. The van der Waals surface area contributed by atoms with E-state index in [0.717, 1.165) is 0 Å². The van der Waals surface area contributed by atoms with E-state index in [1.165, 1.54) is 12.1 Å². The van der Waals surface area contributed by atoms with Crippen LogP contribution in [0.25, 0.3) is 0 Å². The Balaban J connectivity index is 2.27. The van der Waals surface area contributed by atoms with Crippen molar-refractivity contribution < 1.29 is 4.79 Å². The first kappa shape index (κ1) is 12.1. The molecule has 0 radical (unpaired) electrons. The van der Waals surface area contributed by atoms with Crippen molar-refractivity contribution in [3.8, 4) is 6.07 Å². The molecule has 7 heteroatoms. The molecule has 0 unspecified atom stereocenters. The Bertz CT molecular complexity index is 643. The molecule has 1 amide bonds. The molecule has 2 rings (SSSR count). The molecule has 0 saturated heterocycles. The lowest BCUT2D eigenvalue weighted by atomic mass is 10.2. The first-order chi connectivity index (χ1) is 8.60. The van der Waals surface area contributed by atoms with Gasteiger partial charge in [0.2, 0.25) is 5.82 Å². The van der Waals surface area contributed by atoms with Crippen molar-refractivity contribution in [3.05, 3.63) is 40.4 Å². The molecule has 6 nitrogen and oxygen atoms in total. The number of aromatic amines is 1. The summed E-state index contributed by atoms with van der Waals surface area (Å²) in [6.07, 6.45) is 0. The molecular formula is C11H8ClN5O. The first-order valence-corrected chi connectivity index (χ1v) is 5.38. The Morgan fingerprint density at radius 1 is 1.56 bits per heavy atom. The first-order valence-electron chi connectivity index (χ1n) is 5.00. The molecule has 1 aromatic heterocycles. The number of nitriles is 1. The van der Waals surface area contributed by atoms with Crippen LogP contribution < -0.4 is 5.32 Å². The number of H-pyrrole nitrogens is 1. The zero-order chi connectivity index (χ0) is 13.1. The van der Waals surface area contributed by atoms with Gasteiger partial charge < -0.3 is 5.32 Å². The molecule has 0 bridgehead atoms. The Hall–Kier alpha value is -2.39. The van der Waals surface area contributed by atoms with Gasteiger partial charge in [-0.05, 0) is 25.1 Å². The minimum atomic E-state index is -0.502. The van der Waals surface area contributed by atoms with Crippen molar-refractivity contribution >= 4 is 23.2 Å². The average Bonchev–Trinajstić information content (AvgIpc) is 2.76. The standard InChI is InChI=1S/C11H8ClN5O/c1-6-14-10(17-16-6)11(18)15-9-4-8(12)3-2-7(9)5-13/h2-4H,1H3,(H,15,18)(H,14,16,17). The lowest BCUT2D eigenvalue weighted by Gasteiger charge is -2.05. The van der Waals surface area contributed by atoms with Gasteiger partial charge in [-0.2, -0.15) is 5.26 Å². The highest BCUT2D eigenvalue weighted by Crippen LogP contribution is 2.20. The Morgan fingerprint density at radius 3 is 2.94 bits per heavy atom. The molecule has 2 N–H and O–H groups in total. The summed E-state index contributed by atoms with van der Waals surface area (Å²) in [4.78, 5) is 15.7. The molecule has 18 heavy (non-hydrogen) atoms. The highest BCUT2D eigenvalue weighted by molar-refractivity contribution is 6.31. The predicted molar refractivity (Wildman–Crippen MR) is 65.2 cm³/mol. The second kappa shape index (κ2) is 4.85. The Kier molecular flexibility index (Phi) is 3.26. The van der Waals surface area contributed by atoms with Crippen LogP contribution in [0.2, 0.25) is 5.02 Å². The molecule has 0 spiro atoms. The summed E-state index contributed by atoms with van der Waals surface area (Å²) >= 11 is 5.81. The van der Waals surface area contributed by atoms with Crippen molar-refractivity contribution in [2.75, 3.05) is 5.32 Å². The van der Waals surface area contributed by atoms with E-state index in [4.69, 9.17) is 16.9 Å². The van der Waals surface area contributed by atoms with Gasteiger partial charge in [0.1, 0.15) is 11.9 Å². The lowest BCUT2D eigenvalue weighted by molar-refractivity contribution is 0.101. The Labute approximate surface area is 108 Å². The number of hydrogen-bond donors (Lipinski definition) is 2. The molecular weight excluding hydrogens is 254 g/mol. The summed E-state index contributed by atoms with van der Waals surface area (Å²) in [5.41, 5.74) is 0.650. The van der Waals surface area contributed by atoms with Gasteiger partial charge in [-0.25, -0.2) is 4.98 Å². The largest absolute Gasteiger partial charge is 0.318 e. The van der Waals surface area contributed by atoms with Crippen molar-refractivity contribution in [3.63, 3.8) is 0 Å². The summed E-state index contributed by atoms with van der Waals surface area (Å²) < 4.78 is 0. The van der Waals surface area contributed by atoms with Crippen LogP contribution in [0.15, 0.2) is 18.2 Å². The maximum Gasteiger partial charge on any atom is 0.295 e. The molecule has 0 saturated carbocycles. The van der Waals surface area contributed by atoms with Gasteiger partial charge >= 0.3 is 0 Å². The van der Waals surface area contributed by atoms with Crippen molar-refractivity contribution in [1.29, 1.82) is 5.26 Å². The van der Waals surface area contributed by atoms with E-state index in [1.807, 2.05) is 6.07 Å². The predicted octanol–water partition coefficient (Wildman–Crippen LogP) is 1.89. The normalized spacial score (nSPS) is 9.83. The SMILES string of the molecule is Cc1nc(C(=O)Nc2cc(Cl)ccc2C#N)n[nH]1. The monoisotopic (exact) mass is 261 g/mol. The third kappa shape index (κ3) is 2.47. The molecule has 0 aliphatic rings. The fourth-order valence-corrected chi connectivity index (χ4v) is 1.51. The zero-order valence-electron chi connectivity index (χ0n) is 9.36. The number of rotatable bonds is 2. The Morgan fingerprint density at radius 2 is 2.33 bits per heavy atom. The number of carbonyl (C=O) groups excluding carboxylic acids is 1. The number of aromatic nitrogens is 3. The topological polar surface area (TPSA) is 94.5 Å². The fraction of sp³-hybridized carbons (Fsp3) is 0.0909. The van der Waals surface area contributed by atoms with Crippen LogP contribution in [0.3, 0.4) is 0 Å². The molecule has 0 fully saturated rings. The van der Waals surface area contributed by atoms with Crippen LogP contribution in [0, 0.1) is 18.3 Å². The van der Waals surface area contributed by atoms with E-state index in [9.17, 15) is 4.79 Å². The average molecular weight is 262 g/mol. The van der Waals surface area contributed by atoms with E-state index in [1.54, 1.807) is 13.0 Å². The van der Waals surface area contributed by atoms with Crippen molar-refractivity contribution in [2.45, 2.75) is 6.92 Å². The number of halogens is 1. The number of carbonyl (C=O) groups is 1. The minimum absolute atomic E-state index is 0.0105. The minimum Gasteiger partial charge on any atom is -0.318 e. The summed E-state index contributed by atoms with van der Waals surface area (Å²) in [6.45, 7) is 1.68. The number of amides is 1. The van der Waals surface area contributed by atoms with Crippen LogP contribution in [0.5, 0.6) is 0 Å². The van der Waals surface area contributed by atoms with Gasteiger partial charge in [-0.15, -0.1) is 5.10 Å². The van der Waals surface area contributed by atoms with Gasteiger partial charge in [-0.1, -0.05) is 11.6 Å². The maximum atomic E-state index is 11.8. The zero-order valence-corrected chi connectivity index (χ0v) is 10.1. The van der Waals surface area contributed by atoms with Gasteiger partial charge in [-0.3, -0.25) is 9.89 Å². The number of hydrogen-bond acceptors (Lipinski definition) is 4. The van der Waals surface area contributed by atoms with E-state index in [2.05, 4.69) is 20.5 Å². The van der Waals surface area contributed by atoms with Gasteiger partial charge in [0.15, 0.2) is 0 Å². The van der Waals surface area contributed by atoms with Crippen molar-refractivity contribution in [1.82, 2.24) is 15.2 Å². The second-order valence-electron chi connectivity index (χ2n) is 3.50. The van der Waals surface area contributed by atoms with E-state index >= 15 is 0 Å². The third-order valence-corrected chi connectivity index (χ3v) is 2.39. The molecule has 1 aromatic carbocycles. The summed E-state index contributed by atoms with van der Waals surface area (Å²) in [7, 11) is 0. The highest BCUT2D eigenvalue weighted by Gasteiger charge is 2.13. The van der Waals surface area contributed by atoms with Crippen LogP contribution in [-0.2, 0) is 0 Å². The van der Waals surface area contributed by atoms with E-state index < -0.39 is 5.91 Å². The fourth-order valence-electron chi connectivity index (χ4n) is 1.34. The number of nitrogens with zero attached hydrogens (tertiary/aromatic N) is 3. The van der Waals surface area contributed by atoms with Crippen molar-refractivity contribution in [2.24, 2.45) is 0 Å². The van der Waals surface area contributed by atoms with Crippen LogP contribution in [0.1, 0.15) is 22.0 Å². The highest BCUT2D eigenvalue weighted by atomic mass is 35.5. The molecule has 0 aliphatic heterocycles. The molecule has 90 valence electrons. The maximum absolute atomic E-state index is 11.8. The molecule has 0 atom stereocenters. The number of anilines is 1. The molecule has 1 heterocycles. The van der Waals surface area contributed by atoms with Gasteiger partial charge in [0.05, 0.1) is 11.3 Å². The summed E-state index contributed by atoms with van der Waals surface area (Å²) in [5.74, 6) is 0.0428. The van der Waals surface area contributed by atoms with E-state index in [0.29, 0.717) is 22.1 Å². The number of benzene rings is 1. The number of nitrogens with one attached hydrogen (secondary N) is 2. The van der Waals surface area contributed by atoms with E-state index in [-0.39, 0.29) is 5.82 Å². The van der Waals surface area contributed by atoms with Crippen LogP contribution in [-0.4, -0.2) is 21.1 Å². The van der Waals surface area contributed by atoms with Crippen LogP contribution >= 0.6 is 11.6 Å². The van der Waals surface area contributed by atoms with Gasteiger partial charge in [0.25, 0.3) is 5.91 Å². The lowest BCUT2D eigenvalue weighted by Crippen LogP contribution is -2.14. The second-order valence-corrected chi connectivity index (χ2v) is 3.94. The van der Waals surface area contributed by atoms with Crippen LogP contribution in [0.4, 0.5) is 5.69 Å². The summed E-state index contributed by atoms with van der Waals surface area (Å²) in [6, 6.07) is 6.57. The quantitative estimate of drug-likeness (QED) is 0.863. The molecule has 0 aliphatic carbocycles.